The molecule has 0 fully saturated rings. The second-order valence-corrected chi connectivity index (χ2v) is 6.24. The van der Waals surface area contributed by atoms with Crippen LogP contribution in [0.4, 0.5) is 13.2 Å². The molecule has 5 nitrogen and oxygen atoms in total. The van der Waals surface area contributed by atoms with E-state index in [9.17, 15) is 23.2 Å². The lowest BCUT2D eigenvalue weighted by Gasteiger charge is -2.19. The molecule has 3 rings (SSSR count). The molecule has 0 saturated heterocycles. The largest absolute Gasteiger partial charge is 0.302 e. The third-order valence-electron chi connectivity index (χ3n) is 4.26. The molecule has 0 aliphatic carbocycles. The summed E-state index contributed by atoms with van der Waals surface area (Å²) in [5.74, 6) is -3.97. The van der Waals surface area contributed by atoms with Crippen molar-refractivity contribution in [3.8, 4) is 17.5 Å². The van der Waals surface area contributed by atoms with E-state index in [4.69, 9.17) is 0 Å². The first-order valence-corrected chi connectivity index (χ1v) is 8.31. The molecule has 28 heavy (non-hydrogen) atoms. The summed E-state index contributed by atoms with van der Waals surface area (Å²) in [7, 11) is 0. The standard InChI is InChI=1S/C20H15F3N4O/c1-13-2-4-14(5-3-13)11-27-18(17-10-25-6-7-26-17)8-16(20(22,23)12-21)15(9-24)19(27)28/h2-8,10H,11-12H2,1H3. The molecule has 2 aromatic heterocycles. The van der Waals surface area contributed by atoms with Gasteiger partial charge in [0, 0.05) is 18.0 Å². The van der Waals surface area contributed by atoms with Gasteiger partial charge in [0.2, 0.25) is 0 Å². The molecule has 8 heteroatoms. The Balaban J connectivity index is 2.29. The predicted molar refractivity (Wildman–Crippen MR) is 96.6 cm³/mol. The number of rotatable bonds is 5. The fourth-order valence-electron chi connectivity index (χ4n) is 2.79. The maximum atomic E-state index is 14.1. The fraction of sp³-hybridized carbons (Fsp3) is 0.200. The number of nitriles is 1. The van der Waals surface area contributed by atoms with Gasteiger partial charge < -0.3 is 4.57 Å². The summed E-state index contributed by atoms with van der Waals surface area (Å²) in [4.78, 5) is 20.9. The summed E-state index contributed by atoms with van der Waals surface area (Å²) in [5.41, 5.74) is -0.749. The molecule has 0 bridgehead atoms. The molecule has 0 atom stereocenters. The van der Waals surface area contributed by atoms with Gasteiger partial charge in [-0.3, -0.25) is 14.8 Å². The highest BCUT2D eigenvalue weighted by Gasteiger charge is 2.37. The van der Waals surface area contributed by atoms with Gasteiger partial charge in [-0.25, -0.2) is 4.39 Å². The summed E-state index contributed by atoms with van der Waals surface area (Å²) in [6, 6.07) is 9.72. The van der Waals surface area contributed by atoms with E-state index in [1.54, 1.807) is 12.1 Å². The van der Waals surface area contributed by atoms with Crippen LogP contribution in [0.1, 0.15) is 22.3 Å². The Morgan fingerprint density at radius 3 is 2.50 bits per heavy atom. The monoisotopic (exact) mass is 384 g/mol. The normalized spacial score (nSPS) is 11.2. The molecule has 0 aliphatic rings. The zero-order valence-electron chi connectivity index (χ0n) is 14.9. The van der Waals surface area contributed by atoms with Crippen LogP contribution in [-0.2, 0) is 12.5 Å². The molecule has 0 spiro atoms. The zero-order chi connectivity index (χ0) is 20.3. The average Bonchev–Trinajstić information content (AvgIpc) is 2.71. The van der Waals surface area contributed by atoms with E-state index in [2.05, 4.69) is 9.97 Å². The predicted octanol–water partition coefficient (Wildman–Crippen LogP) is 3.60. The van der Waals surface area contributed by atoms with Gasteiger partial charge in [-0.1, -0.05) is 29.8 Å². The van der Waals surface area contributed by atoms with Gasteiger partial charge in [-0.05, 0) is 18.6 Å². The number of hydrogen-bond donors (Lipinski definition) is 0. The van der Waals surface area contributed by atoms with Gasteiger partial charge in [-0.2, -0.15) is 14.0 Å². The molecule has 3 aromatic rings. The smallest absolute Gasteiger partial charge is 0.301 e. The van der Waals surface area contributed by atoms with Crippen LogP contribution in [-0.4, -0.2) is 21.2 Å². The molecular formula is C20H15F3N4O. The van der Waals surface area contributed by atoms with Gasteiger partial charge in [-0.15, -0.1) is 0 Å². The van der Waals surface area contributed by atoms with E-state index in [0.717, 1.165) is 17.2 Å². The van der Waals surface area contributed by atoms with Crippen molar-refractivity contribution in [2.24, 2.45) is 0 Å². The Hall–Kier alpha value is -3.47. The van der Waals surface area contributed by atoms with Crippen LogP contribution in [0.5, 0.6) is 0 Å². The minimum absolute atomic E-state index is 0.0285. The SMILES string of the molecule is Cc1ccc(Cn2c(-c3cnccn3)cc(C(F)(F)CF)c(C#N)c2=O)cc1. The molecular weight excluding hydrogens is 369 g/mol. The van der Waals surface area contributed by atoms with Crippen LogP contribution in [0.25, 0.3) is 11.4 Å². The van der Waals surface area contributed by atoms with Crippen LogP contribution in [0.2, 0.25) is 0 Å². The number of benzene rings is 1. The van der Waals surface area contributed by atoms with Crippen molar-refractivity contribution in [2.45, 2.75) is 19.4 Å². The molecule has 0 saturated carbocycles. The van der Waals surface area contributed by atoms with Gasteiger partial charge >= 0.3 is 5.92 Å². The zero-order valence-corrected chi connectivity index (χ0v) is 14.9. The van der Waals surface area contributed by atoms with Crippen molar-refractivity contribution < 1.29 is 13.2 Å². The van der Waals surface area contributed by atoms with Crippen LogP contribution in [0.3, 0.4) is 0 Å². The second kappa shape index (κ2) is 7.64. The number of aromatic nitrogens is 3. The lowest BCUT2D eigenvalue weighted by molar-refractivity contribution is -0.0285. The first kappa shape index (κ1) is 19.3. The van der Waals surface area contributed by atoms with E-state index in [1.807, 2.05) is 19.1 Å². The average molecular weight is 384 g/mol. The van der Waals surface area contributed by atoms with Crippen LogP contribution >= 0.6 is 0 Å². The van der Waals surface area contributed by atoms with E-state index < -0.39 is 29.3 Å². The van der Waals surface area contributed by atoms with E-state index in [0.29, 0.717) is 0 Å². The molecule has 0 N–H and O–H groups in total. The second-order valence-electron chi connectivity index (χ2n) is 6.24. The number of aryl methyl sites for hydroxylation is 1. The number of nitrogens with zero attached hydrogens (tertiary/aromatic N) is 4. The Labute approximate surface area is 158 Å². The maximum absolute atomic E-state index is 14.1. The Bertz CT molecular complexity index is 1090. The lowest BCUT2D eigenvalue weighted by Crippen LogP contribution is -2.30. The van der Waals surface area contributed by atoms with Crippen molar-refractivity contribution in [2.75, 3.05) is 6.67 Å². The highest BCUT2D eigenvalue weighted by Crippen LogP contribution is 2.32. The Morgan fingerprint density at radius 2 is 1.93 bits per heavy atom. The molecule has 0 radical (unpaired) electrons. The van der Waals surface area contributed by atoms with Gasteiger partial charge in [0.05, 0.1) is 18.4 Å². The van der Waals surface area contributed by atoms with E-state index in [-0.39, 0.29) is 17.9 Å². The number of alkyl halides is 3. The molecule has 0 aliphatic heterocycles. The summed E-state index contributed by atoms with van der Waals surface area (Å²) >= 11 is 0. The summed E-state index contributed by atoms with van der Waals surface area (Å²) < 4.78 is 42.3. The van der Waals surface area contributed by atoms with Crippen molar-refractivity contribution in [3.63, 3.8) is 0 Å². The van der Waals surface area contributed by atoms with Crippen molar-refractivity contribution in [3.05, 3.63) is 81.5 Å². The topological polar surface area (TPSA) is 71.6 Å². The van der Waals surface area contributed by atoms with Gasteiger partial charge in [0.15, 0.2) is 6.67 Å². The lowest BCUT2D eigenvalue weighted by atomic mass is 10.0. The minimum Gasteiger partial charge on any atom is -0.301 e. The van der Waals surface area contributed by atoms with E-state index >= 15 is 0 Å². The number of pyridine rings is 1. The van der Waals surface area contributed by atoms with E-state index in [1.165, 1.54) is 29.2 Å². The molecule has 2 heterocycles. The highest BCUT2D eigenvalue weighted by atomic mass is 19.3. The summed E-state index contributed by atoms with van der Waals surface area (Å²) in [6.07, 6.45) is 4.05. The molecule has 0 amide bonds. The minimum atomic E-state index is -3.97. The summed E-state index contributed by atoms with van der Waals surface area (Å²) in [6.45, 7) is -0.0905. The van der Waals surface area contributed by atoms with Crippen LogP contribution < -0.4 is 5.56 Å². The van der Waals surface area contributed by atoms with Crippen molar-refractivity contribution in [1.29, 1.82) is 5.26 Å². The number of halogens is 3. The fourth-order valence-corrected chi connectivity index (χ4v) is 2.79. The quantitative estimate of drug-likeness (QED) is 0.674. The van der Waals surface area contributed by atoms with Gasteiger partial charge in [0.1, 0.15) is 17.3 Å². The Kier molecular flexibility index (Phi) is 5.27. The van der Waals surface area contributed by atoms with Crippen LogP contribution in [0.15, 0.2) is 53.7 Å². The van der Waals surface area contributed by atoms with Gasteiger partial charge in [0.25, 0.3) is 5.56 Å². The highest BCUT2D eigenvalue weighted by molar-refractivity contribution is 5.58. The molecule has 1 aromatic carbocycles. The van der Waals surface area contributed by atoms with Crippen LogP contribution in [0, 0.1) is 18.3 Å². The third kappa shape index (κ3) is 3.64. The number of hydrogen-bond acceptors (Lipinski definition) is 4. The summed E-state index contributed by atoms with van der Waals surface area (Å²) in [5, 5.41) is 9.30. The molecule has 0 unspecified atom stereocenters. The first-order valence-electron chi connectivity index (χ1n) is 8.31. The maximum Gasteiger partial charge on any atom is 0.302 e. The first-order chi connectivity index (χ1) is 13.4. The van der Waals surface area contributed by atoms with Crippen molar-refractivity contribution in [1.82, 2.24) is 14.5 Å². The molecule has 142 valence electrons. The Morgan fingerprint density at radius 1 is 1.21 bits per heavy atom. The van der Waals surface area contributed by atoms with Crippen molar-refractivity contribution >= 4 is 0 Å². The third-order valence-corrected chi connectivity index (χ3v) is 4.26.